The smallest absolute Gasteiger partial charge is 0.225 e. The molecule has 0 saturated carbocycles. The van der Waals surface area contributed by atoms with E-state index in [2.05, 4.69) is 53.6 Å². The van der Waals surface area contributed by atoms with Gasteiger partial charge in [0.1, 0.15) is 6.10 Å². The van der Waals surface area contributed by atoms with Gasteiger partial charge in [0.25, 0.3) is 0 Å². The fraction of sp³-hybridized carbons (Fsp3) is 0.615. The van der Waals surface area contributed by atoms with Crippen LogP contribution in [0.25, 0.3) is 0 Å². The molecule has 3 heterocycles. The summed E-state index contributed by atoms with van der Waals surface area (Å²) in [4.78, 5) is 13.4. The Morgan fingerprint density at radius 3 is 2.29 bits per heavy atom. The number of aromatic nitrogens is 2. The predicted octanol–water partition coefficient (Wildman–Crippen LogP) is 5.02. The van der Waals surface area contributed by atoms with Crippen LogP contribution in [0.1, 0.15) is 39.2 Å². The number of nitrogens with zero attached hydrogens (tertiary/aromatic N) is 4. The van der Waals surface area contributed by atoms with Crippen molar-refractivity contribution >= 4 is 20.0 Å². The van der Waals surface area contributed by atoms with Crippen LogP contribution in [0, 0.1) is 5.82 Å². The quantitative estimate of drug-likeness (QED) is 0.470. The third-order valence-corrected chi connectivity index (χ3v) is 12.1. The number of hydrogen-bond acceptors (Lipinski definition) is 7. The first-order valence-corrected chi connectivity index (χ1v) is 15.4. The van der Waals surface area contributed by atoms with Gasteiger partial charge >= 0.3 is 0 Å². The van der Waals surface area contributed by atoms with Gasteiger partial charge in [-0.2, -0.15) is 0 Å². The zero-order valence-electron chi connectivity index (χ0n) is 21.9. The van der Waals surface area contributed by atoms with E-state index >= 15 is 4.39 Å². The molecule has 1 aromatic heterocycles. The van der Waals surface area contributed by atoms with Gasteiger partial charge in [0.15, 0.2) is 19.9 Å². The maximum atomic E-state index is 15.2. The van der Waals surface area contributed by atoms with Crippen molar-refractivity contribution in [3.8, 4) is 5.75 Å². The maximum Gasteiger partial charge on any atom is 0.225 e. The van der Waals surface area contributed by atoms with Gasteiger partial charge < -0.3 is 23.7 Å². The Hall–Kier alpha value is -2.23. The molecule has 2 aliphatic rings. The maximum absolute atomic E-state index is 15.2. The van der Waals surface area contributed by atoms with E-state index in [1.807, 2.05) is 18.5 Å². The van der Waals surface area contributed by atoms with Crippen LogP contribution in [0.15, 0.2) is 30.6 Å². The largest absolute Gasteiger partial charge is 0.487 e. The van der Waals surface area contributed by atoms with E-state index in [-0.39, 0.29) is 29.7 Å². The summed E-state index contributed by atoms with van der Waals surface area (Å²) in [5, 5.41) is 0.0822. The Labute approximate surface area is 209 Å². The molecule has 2 saturated heterocycles. The van der Waals surface area contributed by atoms with E-state index in [1.54, 1.807) is 19.2 Å². The zero-order chi connectivity index (χ0) is 25.2. The Morgan fingerprint density at radius 1 is 1.03 bits per heavy atom. The first-order chi connectivity index (χ1) is 16.6. The van der Waals surface area contributed by atoms with Crippen LogP contribution < -0.4 is 14.5 Å². The van der Waals surface area contributed by atoms with E-state index < -0.39 is 8.32 Å². The molecule has 0 atom stereocenters. The van der Waals surface area contributed by atoms with Gasteiger partial charge in [-0.05, 0) is 24.2 Å². The molecule has 2 fully saturated rings. The molecule has 0 amide bonds. The minimum absolute atomic E-state index is 0.0236. The molecule has 4 rings (SSSR count). The molecule has 2 aliphatic heterocycles. The van der Waals surface area contributed by atoms with Crippen molar-refractivity contribution in [3.63, 3.8) is 0 Å². The highest BCUT2D eigenvalue weighted by Crippen LogP contribution is 2.37. The Kier molecular flexibility index (Phi) is 7.68. The molecule has 0 unspecified atom stereocenters. The molecule has 2 aromatic rings. The molecule has 0 spiro atoms. The van der Waals surface area contributed by atoms with Crippen LogP contribution in [-0.4, -0.2) is 63.8 Å². The topological polar surface area (TPSA) is 60.0 Å². The van der Waals surface area contributed by atoms with E-state index in [0.29, 0.717) is 11.3 Å². The summed E-state index contributed by atoms with van der Waals surface area (Å²) >= 11 is 0. The van der Waals surface area contributed by atoms with Crippen LogP contribution in [0.3, 0.4) is 0 Å². The van der Waals surface area contributed by atoms with Crippen LogP contribution in [0.4, 0.5) is 16.0 Å². The molecular weight excluding hydrogens is 463 g/mol. The van der Waals surface area contributed by atoms with Crippen LogP contribution in [0.2, 0.25) is 18.1 Å². The summed E-state index contributed by atoms with van der Waals surface area (Å²) < 4.78 is 32.8. The third-order valence-electron chi connectivity index (χ3n) is 7.63. The van der Waals surface area contributed by atoms with Crippen molar-refractivity contribution in [3.05, 3.63) is 42.0 Å². The number of benzene rings is 1. The van der Waals surface area contributed by atoms with Crippen LogP contribution in [0.5, 0.6) is 5.75 Å². The van der Waals surface area contributed by atoms with Crippen molar-refractivity contribution in [1.29, 1.82) is 0 Å². The number of methoxy groups -OCH3 is 1. The lowest BCUT2D eigenvalue weighted by Crippen LogP contribution is -2.52. The van der Waals surface area contributed by atoms with Crippen molar-refractivity contribution in [2.45, 2.75) is 70.6 Å². The van der Waals surface area contributed by atoms with E-state index in [9.17, 15) is 0 Å². The molecule has 192 valence electrons. The molecule has 7 nitrogen and oxygen atoms in total. The van der Waals surface area contributed by atoms with Crippen molar-refractivity contribution in [1.82, 2.24) is 9.97 Å². The van der Waals surface area contributed by atoms with Crippen LogP contribution in [-0.2, 0) is 15.8 Å². The van der Waals surface area contributed by atoms with Gasteiger partial charge in [0.05, 0.1) is 30.8 Å². The van der Waals surface area contributed by atoms with E-state index in [1.165, 1.54) is 0 Å². The predicted molar refractivity (Wildman–Crippen MR) is 139 cm³/mol. The third kappa shape index (κ3) is 5.95. The normalized spacial score (nSPS) is 18.0. The molecule has 35 heavy (non-hydrogen) atoms. The van der Waals surface area contributed by atoms with Gasteiger partial charge in [-0.15, -0.1) is 0 Å². The van der Waals surface area contributed by atoms with E-state index in [0.717, 1.165) is 50.7 Å². The number of piperidine rings is 1. The molecular formula is C26H39FN4O3Si. The van der Waals surface area contributed by atoms with Crippen molar-refractivity contribution < 1.29 is 18.3 Å². The average molecular weight is 503 g/mol. The van der Waals surface area contributed by atoms with Gasteiger partial charge in [-0.25, -0.2) is 14.4 Å². The second-order valence-corrected chi connectivity index (χ2v) is 15.9. The standard InChI is InChI=1S/C26H39FN4O3Si/c1-26(2,3)35(5,6)33-18-19-8-7-9-23(24(19)27)34-21-10-12-30(13-11-21)20-14-28-25(29-15-20)31-16-22(17-31)32-4/h7-9,14-15,21-22H,10-13,16-18H2,1-6H3. The first-order valence-electron chi connectivity index (χ1n) is 12.5. The molecule has 1 aromatic carbocycles. The summed E-state index contributed by atoms with van der Waals surface area (Å²) in [5.41, 5.74) is 1.56. The zero-order valence-corrected chi connectivity index (χ0v) is 22.9. The lowest BCUT2D eigenvalue weighted by Gasteiger charge is -2.38. The SMILES string of the molecule is COC1CN(c2ncc(N3CCC(Oc4cccc(CO[Si](C)(C)C(C)(C)C)c4F)CC3)cn2)C1. The Morgan fingerprint density at radius 2 is 1.69 bits per heavy atom. The number of anilines is 2. The molecule has 0 N–H and O–H groups in total. The Balaban J connectivity index is 1.29. The lowest BCUT2D eigenvalue weighted by atomic mass is 10.1. The second-order valence-electron chi connectivity index (χ2n) is 11.1. The molecule has 0 bridgehead atoms. The number of hydrogen-bond donors (Lipinski definition) is 0. The van der Waals surface area contributed by atoms with Crippen LogP contribution >= 0.6 is 0 Å². The summed E-state index contributed by atoms with van der Waals surface area (Å²) in [5.74, 6) is 0.754. The fourth-order valence-corrected chi connectivity index (χ4v) is 4.99. The summed E-state index contributed by atoms with van der Waals surface area (Å²) in [6.07, 6.45) is 5.64. The number of ether oxygens (including phenoxy) is 2. The first kappa shape index (κ1) is 25.8. The van der Waals surface area contributed by atoms with Gasteiger partial charge in [-0.1, -0.05) is 32.9 Å². The second kappa shape index (κ2) is 10.4. The monoisotopic (exact) mass is 502 g/mol. The summed E-state index contributed by atoms with van der Waals surface area (Å²) in [7, 11) is -0.225. The molecule has 0 radical (unpaired) electrons. The highest BCUT2D eigenvalue weighted by atomic mass is 28.4. The minimum atomic E-state index is -1.96. The van der Waals surface area contributed by atoms with Gasteiger partial charge in [0.2, 0.25) is 5.95 Å². The molecule has 0 aliphatic carbocycles. The van der Waals surface area contributed by atoms with Crippen molar-refractivity contribution in [2.75, 3.05) is 43.1 Å². The lowest BCUT2D eigenvalue weighted by molar-refractivity contribution is 0.0778. The highest BCUT2D eigenvalue weighted by Gasteiger charge is 2.37. The summed E-state index contributed by atoms with van der Waals surface area (Å²) in [6.45, 7) is 14.5. The van der Waals surface area contributed by atoms with Gasteiger partial charge in [-0.3, -0.25) is 0 Å². The number of halogens is 1. The summed E-state index contributed by atoms with van der Waals surface area (Å²) in [6, 6.07) is 5.36. The fourth-order valence-electron chi connectivity index (χ4n) is 4.04. The van der Waals surface area contributed by atoms with Gasteiger partial charge in [0, 0.05) is 51.7 Å². The molecule has 9 heteroatoms. The van der Waals surface area contributed by atoms with E-state index in [4.69, 9.17) is 13.9 Å². The number of rotatable bonds is 8. The highest BCUT2D eigenvalue weighted by molar-refractivity contribution is 6.74. The minimum Gasteiger partial charge on any atom is -0.487 e. The average Bonchev–Trinajstić information content (AvgIpc) is 2.79. The van der Waals surface area contributed by atoms with Crippen molar-refractivity contribution in [2.24, 2.45) is 0 Å². The Bertz CT molecular complexity index is 985.